The molecule has 1 aromatic rings. The van der Waals surface area contributed by atoms with Gasteiger partial charge in [-0.25, -0.2) is 0 Å². The highest BCUT2D eigenvalue weighted by Gasteiger charge is 2.11. The van der Waals surface area contributed by atoms with Gasteiger partial charge in [-0.2, -0.15) is 0 Å². The molecule has 2 N–H and O–H groups in total. The second-order valence-corrected chi connectivity index (χ2v) is 4.18. The zero-order valence-corrected chi connectivity index (χ0v) is 10.2. The maximum absolute atomic E-state index is 11.8. The van der Waals surface area contributed by atoms with Crippen LogP contribution in [0.1, 0.15) is 16.8 Å². The third kappa shape index (κ3) is 3.60. The van der Waals surface area contributed by atoms with Crippen molar-refractivity contribution in [2.75, 3.05) is 20.1 Å². The monoisotopic (exact) mass is 271 g/mol. The molecule has 0 aromatic carbocycles. The number of nitrogens with two attached hydrogens (primary N) is 1. The molecule has 82 valence electrons. The number of nitrogens with zero attached hydrogens (tertiary/aromatic N) is 2. The van der Waals surface area contributed by atoms with Crippen LogP contribution in [0.15, 0.2) is 22.9 Å². The van der Waals surface area contributed by atoms with Crippen molar-refractivity contribution in [3.63, 3.8) is 0 Å². The molecule has 0 fully saturated rings. The summed E-state index contributed by atoms with van der Waals surface area (Å²) >= 11 is 3.28. The molecule has 0 atom stereocenters. The Morgan fingerprint density at radius 1 is 1.60 bits per heavy atom. The molecule has 0 aliphatic rings. The van der Waals surface area contributed by atoms with E-state index < -0.39 is 0 Å². The van der Waals surface area contributed by atoms with Gasteiger partial charge in [0.15, 0.2) is 0 Å². The molecule has 0 saturated heterocycles. The SMILES string of the molecule is CN(CCCN)C(=O)c1cncc(Br)c1. The van der Waals surface area contributed by atoms with Crippen LogP contribution in [-0.4, -0.2) is 35.9 Å². The lowest BCUT2D eigenvalue weighted by Crippen LogP contribution is -2.29. The predicted molar refractivity (Wildman–Crippen MR) is 62.6 cm³/mol. The first kappa shape index (κ1) is 12.1. The van der Waals surface area contributed by atoms with Crippen LogP contribution in [-0.2, 0) is 0 Å². The lowest BCUT2D eigenvalue weighted by Gasteiger charge is -2.16. The lowest BCUT2D eigenvalue weighted by atomic mass is 10.2. The number of amides is 1. The molecule has 1 amide bonds. The highest BCUT2D eigenvalue weighted by atomic mass is 79.9. The predicted octanol–water partition coefficient (Wildman–Crippen LogP) is 1.26. The summed E-state index contributed by atoms with van der Waals surface area (Å²) in [4.78, 5) is 17.4. The van der Waals surface area contributed by atoms with Crippen LogP contribution in [0.2, 0.25) is 0 Å². The largest absolute Gasteiger partial charge is 0.342 e. The molecule has 0 radical (unpaired) electrons. The number of hydrogen-bond acceptors (Lipinski definition) is 3. The summed E-state index contributed by atoms with van der Waals surface area (Å²) in [6.07, 6.45) is 4.02. The summed E-state index contributed by atoms with van der Waals surface area (Å²) in [5, 5.41) is 0. The standard InChI is InChI=1S/C10H14BrN3O/c1-14(4-2-3-12)10(15)8-5-9(11)7-13-6-8/h5-7H,2-4,12H2,1H3. The van der Waals surface area contributed by atoms with E-state index in [0.717, 1.165) is 10.9 Å². The van der Waals surface area contributed by atoms with E-state index in [4.69, 9.17) is 5.73 Å². The van der Waals surface area contributed by atoms with E-state index in [-0.39, 0.29) is 5.91 Å². The Balaban J connectivity index is 2.67. The summed E-state index contributed by atoms with van der Waals surface area (Å²) in [5.74, 6) is -0.0303. The van der Waals surface area contributed by atoms with Gasteiger partial charge in [0.1, 0.15) is 0 Å². The first-order valence-corrected chi connectivity index (χ1v) is 5.50. The molecule has 4 nitrogen and oxygen atoms in total. The van der Waals surface area contributed by atoms with E-state index in [0.29, 0.717) is 18.7 Å². The van der Waals surface area contributed by atoms with Crippen LogP contribution in [0, 0.1) is 0 Å². The Morgan fingerprint density at radius 2 is 2.33 bits per heavy atom. The van der Waals surface area contributed by atoms with Gasteiger partial charge in [-0.1, -0.05) is 0 Å². The Morgan fingerprint density at radius 3 is 2.93 bits per heavy atom. The fourth-order valence-corrected chi connectivity index (χ4v) is 1.54. The molecule has 1 aromatic heterocycles. The van der Waals surface area contributed by atoms with Crippen LogP contribution < -0.4 is 5.73 Å². The van der Waals surface area contributed by atoms with Gasteiger partial charge in [-0.15, -0.1) is 0 Å². The molecule has 1 heterocycles. The Hall–Kier alpha value is -0.940. The summed E-state index contributed by atoms with van der Waals surface area (Å²) in [5.41, 5.74) is 5.97. The van der Waals surface area contributed by atoms with Crippen molar-refractivity contribution < 1.29 is 4.79 Å². The highest BCUT2D eigenvalue weighted by Crippen LogP contribution is 2.11. The van der Waals surface area contributed by atoms with Crippen LogP contribution in [0.25, 0.3) is 0 Å². The van der Waals surface area contributed by atoms with Gasteiger partial charge in [-0.05, 0) is 35.0 Å². The van der Waals surface area contributed by atoms with Gasteiger partial charge in [0.2, 0.25) is 0 Å². The second kappa shape index (κ2) is 5.82. The molecule has 0 aliphatic carbocycles. The first-order chi connectivity index (χ1) is 7.15. The van der Waals surface area contributed by atoms with Crippen LogP contribution >= 0.6 is 15.9 Å². The van der Waals surface area contributed by atoms with E-state index in [1.54, 1.807) is 30.4 Å². The number of pyridine rings is 1. The van der Waals surface area contributed by atoms with Crippen molar-refractivity contribution in [2.24, 2.45) is 5.73 Å². The van der Waals surface area contributed by atoms with Crippen molar-refractivity contribution in [1.82, 2.24) is 9.88 Å². The van der Waals surface area contributed by atoms with Gasteiger partial charge < -0.3 is 10.6 Å². The van der Waals surface area contributed by atoms with Crippen molar-refractivity contribution in [1.29, 1.82) is 0 Å². The maximum atomic E-state index is 11.8. The topological polar surface area (TPSA) is 59.2 Å². The lowest BCUT2D eigenvalue weighted by molar-refractivity contribution is 0.0794. The quantitative estimate of drug-likeness (QED) is 0.897. The number of rotatable bonds is 4. The molecule has 0 unspecified atom stereocenters. The van der Waals surface area contributed by atoms with Crippen molar-refractivity contribution >= 4 is 21.8 Å². The van der Waals surface area contributed by atoms with Gasteiger partial charge in [0, 0.05) is 30.5 Å². The Labute approximate surface area is 97.6 Å². The molecular formula is C10H14BrN3O. The maximum Gasteiger partial charge on any atom is 0.255 e. The van der Waals surface area contributed by atoms with Gasteiger partial charge >= 0.3 is 0 Å². The zero-order valence-electron chi connectivity index (χ0n) is 8.61. The van der Waals surface area contributed by atoms with Crippen molar-refractivity contribution in [3.05, 3.63) is 28.5 Å². The normalized spacial score (nSPS) is 10.1. The summed E-state index contributed by atoms with van der Waals surface area (Å²) in [7, 11) is 1.76. The molecule has 5 heteroatoms. The van der Waals surface area contributed by atoms with E-state index >= 15 is 0 Å². The number of hydrogen-bond donors (Lipinski definition) is 1. The second-order valence-electron chi connectivity index (χ2n) is 3.26. The summed E-state index contributed by atoms with van der Waals surface area (Å²) < 4.78 is 0.806. The third-order valence-corrected chi connectivity index (χ3v) is 2.43. The highest BCUT2D eigenvalue weighted by molar-refractivity contribution is 9.10. The minimum Gasteiger partial charge on any atom is -0.342 e. The fourth-order valence-electron chi connectivity index (χ4n) is 1.18. The number of halogens is 1. The summed E-state index contributed by atoms with van der Waals surface area (Å²) in [6, 6.07) is 1.76. The van der Waals surface area contributed by atoms with Crippen LogP contribution in [0.4, 0.5) is 0 Å². The molecular weight excluding hydrogens is 258 g/mol. The zero-order chi connectivity index (χ0) is 11.3. The minimum absolute atomic E-state index is 0.0303. The molecule has 15 heavy (non-hydrogen) atoms. The van der Waals surface area contributed by atoms with Gasteiger partial charge in [0.25, 0.3) is 5.91 Å². The molecule has 0 spiro atoms. The van der Waals surface area contributed by atoms with E-state index in [2.05, 4.69) is 20.9 Å². The molecule has 0 aliphatic heterocycles. The van der Waals surface area contributed by atoms with E-state index in [1.165, 1.54) is 0 Å². The van der Waals surface area contributed by atoms with Crippen LogP contribution in [0.3, 0.4) is 0 Å². The smallest absolute Gasteiger partial charge is 0.255 e. The minimum atomic E-state index is -0.0303. The molecule has 0 bridgehead atoms. The average Bonchev–Trinajstić information content (AvgIpc) is 2.24. The average molecular weight is 272 g/mol. The van der Waals surface area contributed by atoms with Crippen LogP contribution in [0.5, 0.6) is 0 Å². The molecule has 1 rings (SSSR count). The Kier molecular flexibility index (Phi) is 4.71. The third-order valence-electron chi connectivity index (χ3n) is 2.00. The summed E-state index contributed by atoms with van der Waals surface area (Å²) in [6.45, 7) is 1.26. The number of carbonyl (C=O) groups excluding carboxylic acids is 1. The Bertz CT molecular complexity index is 343. The fraction of sp³-hybridized carbons (Fsp3) is 0.400. The first-order valence-electron chi connectivity index (χ1n) is 4.71. The number of carbonyl (C=O) groups is 1. The number of aromatic nitrogens is 1. The van der Waals surface area contributed by atoms with E-state index in [9.17, 15) is 4.79 Å². The van der Waals surface area contributed by atoms with Gasteiger partial charge in [0.05, 0.1) is 5.56 Å². The van der Waals surface area contributed by atoms with Gasteiger partial charge in [-0.3, -0.25) is 9.78 Å². The molecule has 0 saturated carbocycles. The van der Waals surface area contributed by atoms with E-state index in [1.807, 2.05) is 0 Å². The van der Waals surface area contributed by atoms with Crippen molar-refractivity contribution in [2.45, 2.75) is 6.42 Å². The van der Waals surface area contributed by atoms with Crippen molar-refractivity contribution in [3.8, 4) is 0 Å².